The van der Waals surface area contributed by atoms with Gasteiger partial charge in [0.15, 0.2) is 17.4 Å². The van der Waals surface area contributed by atoms with E-state index in [2.05, 4.69) is 32.5 Å². The number of allylic oxidation sites excluding steroid dienone is 1. The van der Waals surface area contributed by atoms with Crippen molar-refractivity contribution in [2.75, 3.05) is 58.4 Å². The number of anilines is 2. The van der Waals surface area contributed by atoms with Gasteiger partial charge < -0.3 is 61.6 Å². The molecule has 1 aromatic carbocycles. The highest BCUT2D eigenvalue weighted by Crippen LogP contribution is 2.31. The number of aromatic nitrogens is 4. The van der Waals surface area contributed by atoms with E-state index >= 15 is 0 Å². The van der Waals surface area contributed by atoms with E-state index in [0.29, 0.717) is 37.1 Å². The Morgan fingerprint density at radius 3 is 2.28 bits per heavy atom. The van der Waals surface area contributed by atoms with Gasteiger partial charge in [-0.15, -0.1) is 6.58 Å². The van der Waals surface area contributed by atoms with E-state index in [-0.39, 0.29) is 61.1 Å². The van der Waals surface area contributed by atoms with Crippen molar-refractivity contribution in [2.24, 2.45) is 11.7 Å². The zero-order chi connectivity index (χ0) is 44.3. The molecule has 0 radical (unpaired) electrons. The monoisotopic (exact) mass is 843 g/mol. The van der Waals surface area contributed by atoms with Crippen LogP contribution in [-0.2, 0) is 37.0 Å². The molecule has 0 aliphatic carbocycles. The molecule has 1 fully saturated rings. The fraction of sp³-hybridized carbons (Fsp3) is 0.553. The number of carbonyl (C=O) groups excluding carboxylic acids is 4. The molecule has 0 spiro atoms. The maximum absolute atomic E-state index is 13.3. The van der Waals surface area contributed by atoms with Crippen molar-refractivity contribution in [1.82, 2.24) is 39.5 Å². The minimum absolute atomic E-state index is 0.0182. The summed E-state index contributed by atoms with van der Waals surface area (Å²) in [5, 5.41) is 30.2. The minimum Gasteiger partial charge on any atom is -0.447 e. The summed E-state index contributed by atoms with van der Waals surface area (Å²) in [5.41, 5.74) is 10.6. The zero-order valence-electron chi connectivity index (χ0n) is 34.5. The lowest BCUT2D eigenvalue weighted by molar-refractivity contribution is -0.128. The zero-order valence-corrected chi connectivity index (χ0v) is 34.5. The number of ether oxygens (including phenoxy) is 3. The summed E-state index contributed by atoms with van der Waals surface area (Å²) < 4.78 is 18.4. The van der Waals surface area contributed by atoms with Crippen LogP contribution in [0.2, 0.25) is 0 Å². The molecule has 1 aliphatic rings. The van der Waals surface area contributed by atoms with Crippen LogP contribution in [0.25, 0.3) is 11.2 Å². The molecule has 1 saturated heterocycles. The summed E-state index contributed by atoms with van der Waals surface area (Å²) in [7, 11) is 4.60. The van der Waals surface area contributed by atoms with Gasteiger partial charge in [-0.3, -0.25) is 23.9 Å². The van der Waals surface area contributed by atoms with Crippen LogP contribution in [0.3, 0.4) is 0 Å². The van der Waals surface area contributed by atoms with Crippen molar-refractivity contribution < 1.29 is 43.6 Å². The topological polar surface area (TPSA) is 304 Å². The number of aliphatic hydroxyl groups is 2. The first kappa shape index (κ1) is 46.9. The number of likely N-dealkylation sites (N-methyl/N-ethyl adjacent to an activating group) is 3. The van der Waals surface area contributed by atoms with E-state index in [9.17, 15) is 39.0 Å². The van der Waals surface area contributed by atoms with E-state index < -0.39 is 66.7 Å². The molecule has 1 aliphatic heterocycles. The van der Waals surface area contributed by atoms with E-state index in [1.807, 2.05) is 13.8 Å². The molecule has 22 heteroatoms. The fourth-order valence-corrected chi connectivity index (χ4v) is 6.51. The molecule has 0 bridgehead atoms. The van der Waals surface area contributed by atoms with Crippen molar-refractivity contribution in [3.63, 3.8) is 0 Å². The summed E-state index contributed by atoms with van der Waals surface area (Å²) in [6.07, 6.45) is -4.39. The van der Waals surface area contributed by atoms with Gasteiger partial charge in [0.1, 0.15) is 37.6 Å². The third kappa shape index (κ3) is 11.5. The Bertz CT molecular complexity index is 2080. The number of benzene rings is 1. The van der Waals surface area contributed by atoms with Crippen molar-refractivity contribution in [3.05, 3.63) is 63.3 Å². The van der Waals surface area contributed by atoms with Crippen LogP contribution in [0, 0.1) is 5.92 Å². The first-order chi connectivity index (χ1) is 28.5. The lowest BCUT2D eigenvalue weighted by Gasteiger charge is -2.24. The van der Waals surface area contributed by atoms with E-state index in [1.54, 1.807) is 31.3 Å². The Morgan fingerprint density at radius 1 is 1.03 bits per heavy atom. The van der Waals surface area contributed by atoms with Crippen LogP contribution in [0.4, 0.5) is 21.2 Å². The number of nitrogens with two attached hydrogens (primary N) is 2. The Morgan fingerprint density at radius 2 is 1.68 bits per heavy atom. The number of H-pyrrole nitrogens is 1. The highest BCUT2D eigenvalue weighted by molar-refractivity contribution is 5.97. The second-order valence-corrected chi connectivity index (χ2v) is 14.7. The number of hydrogen-bond donors (Lipinski definition) is 8. The van der Waals surface area contributed by atoms with Gasteiger partial charge in [-0.25, -0.2) is 19.0 Å². The van der Waals surface area contributed by atoms with Crippen LogP contribution in [-0.4, -0.2) is 141 Å². The van der Waals surface area contributed by atoms with Crippen LogP contribution < -0.4 is 38.7 Å². The number of nitrogens with one attached hydrogen (secondary N) is 4. The molecule has 3 aromatic rings. The number of imidazole rings is 1. The molecule has 1 unspecified atom stereocenters. The number of nitrogens with zero attached hydrogens (tertiary/aromatic N) is 5. The third-order valence-electron chi connectivity index (χ3n) is 9.92. The predicted molar refractivity (Wildman–Crippen MR) is 220 cm³/mol. The molecular weight excluding hydrogens is 786 g/mol. The predicted octanol–water partition coefficient (Wildman–Crippen LogP) is -0.593. The van der Waals surface area contributed by atoms with Crippen LogP contribution in [0.15, 0.2) is 46.5 Å². The smallest absolute Gasteiger partial charge is 0.409 e. The number of carbonyl (C=O) groups is 4. The third-order valence-corrected chi connectivity index (χ3v) is 9.92. The Balaban J connectivity index is 1.24. The number of rotatable bonds is 20. The maximum atomic E-state index is 13.3. The second-order valence-electron chi connectivity index (χ2n) is 14.7. The summed E-state index contributed by atoms with van der Waals surface area (Å²) in [6.45, 7) is 7.30. The highest BCUT2D eigenvalue weighted by atomic mass is 16.6. The second kappa shape index (κ2) is 21.4. The molecule has 4 amide bonds. The van der Waals surface area contributed by atoms with Crippen LogP contribution >= 0.6 is 0 Å². The molecule has 22 nitrogen and oxygen atoms in total. The fourth-order valence-electron chi connectivity index (χ4n) is 6.51. The van der Waals surface area contributed by atoms with Crippen molar-refractivity contribution in [3.8, 4) is 0 Å². The largest absolute Gasteiger partial charge is 0.447 e. The maximum Gasteiger partial charge on any atom is 0.409 e. The first-order valence-corrected chi connectivity index (χ1v) is 19.5. The number of fused-ring (bicyclic) bond motifs is 1. The molecule has 3 heterocycles. The molecule has 60 heavy (non-hydrogen) atoms. The Kier molecular flexibility index (Phi) is 16.8. The van der Waals surface area contributed by atoms with Gasteiger partial charge in [0.05, 0.1) is 6.04 Å². The normalized spacial score (nSPS) is 18.5. The Hall–Kier alpha value is -5.81. The van der Waals surface area contributed by atoms with Gasteiger partial charge in [-0.05, 0) is 56.5 Å². The quantitative estimate of drug-likeness (QED) is 0.0521. The number of nitrogen functional groups attached to an aromatic ring is 1. The summed E-state index contributed by atoms with van der Waals surface area (Å²) in [6, 6.07) is 5.46. The first-order valence-electron chi connectivity index (χ1n) is 19.5. The molecule has 4 rings (SSSR count). The summed E-state index contributed by atoms with van der Waals surface area (Å²) >= 11 is 0. The number of amides is 4. The van der Waals surface area contributed by atoms with Gasteiger partial charge in [0, 0.05) is 39.4 Å². The van der Waals surface area contributed by atoms with Gasteiger partial charge in [0.25, 0.3) is 5.56 Å². The lowest BCUT2D eigenvalue weighted by Crippen LogP contribution is -2.52. The molecule has 2 aromatic heterocycles. The van der Waals surface area contributed by atoms with Crippen molar-refractivity contribution in [2.45, 2.75) is 82.9 Å². The molecular formula is C38H57N11O11. The molecule has 10 N–H and O–H groups in total. The summed E-state index contributed by atoms with van der Waals surface area (Å²) in [5.74, 6) is -0.911. The molecule has 6 atom stereocenters. The van der Waals surface area contributed by atoms with Gasteiger partial charge in [0.2, 0.25) is 17.8 Å². The lowest BCUT2D eigenvalue weighted by atomic mass is 10.0. The SMILES string of the molecule is C=CCn1c(=O)n([C@@H]2O[C@H](COC(=O)N(C)CCN(C)C(=O)OCc3ccc(NC(=O)[C@H](CCCCN)NC(=O)C(NC)C(C)C)cc3)[C@@H](O)[C@H]2O)c2nc(N)[nH]c(=O)c21. The van der Waals surface area contributed by atoms with E-state index in [4.69, 9.17) is 25.7 Å². The standard InChI is InChI=1S/C38H57N11O11/c1-7-16-48-27-30(44-35(40)45-33(27)54)49(36(48)55)34-29(51)28(50)25(60-34)20-59-38(57)47(6)18-17-46(5)37(56)58-19-22-11-13-23(14-12-22)42-31(52)24(10-8-9-15-39)43-32(53)26(41-4)21(2)3/h7,11-14,21,24-26,28-29,34,41,50-51H,1,8-10,15-20,39H2,2-6H3,(H,42,52)(H,43,53)(H3,40,44,45,54)/t24-,25+,26?,28+,29+,34+/m0/s1. The number of unbranched alkanes of at least 4 members (excludes halogenated alkanes) is 1. The van der Waals surface area contributed by atoms with Crippen LogP contribution in [0.1, 0.15) is 44.9 Å². The van der Waals surface area contributed by atoms with Gasteiger partial charge >= 0.3 is 17.9 Å². The Labute approximate surface area is 345 Å². The highest BCUT2D eigenvalue weighted by Gasteiger charge is 2.46. The van der Waals surface area contributed by atoms with Crippen molar-refractivity contribution >= 4 is 46.8 Å². The van der Waals surface area contributed by atoms with E-state index in [1.165, 1.54) is 30.0 Å². The number of aromatic amines is 1. The van der Waals surface area contributed by atoms with E-state index in [0.717, 1.165) is 9.13 Å². The average Bonchev–Trinajstić information content (AvgIpc) is 3.64. The number of hydrogen-bond acceptors (Lipinski definition) is 15. The van der Waals surface area contributed by atoms with Gasteiger partial charge in [-0.2, -0.15) is 4.98 Å². The average molecular weight is 844 g/mol. The minimum atomic E-state index is -1.68. The molecule has 330 valence electrons. The summed E-state index contributed by atoms with van der Waals surface area (Å²) in [4.78, 5) is 86.3. The van der Waals surface area contributed by atoms with Crippen LogP contribution in [0.5, 0.6) is 0 Å². The van der Waals surface area contributed by atoms with Gasteiger partial charge in [-0.1, -0.05) is 32.1 Å². The van der Waals surface area contributed by atoms with Crippen molar-refractivity contribution in [1.29, 1.82) is 0 Å². The number of aliphatic hydroxyl groups excluding tert-OH is 2. The molecule has 0 saturated carbocycles.